The van der Waals surface area contributed by atoms with Gasteiger partial charge in [-0.25, -0.2) is 4.99 Å². The van der Waals surface area contributed by atoms with E-state index in [0.29, 0.717) is 22.3 Å². The zero-order valence-corrected chi connectivity index (χ0v) is 20.6. The number of nitrogens with zero attached hydrogens (tertiary/aromatic N) is 3. The first kappa shape index (κ1) is 27.0. The lowest BCUT2D eigenvalue weighted by Crippen LogP contribution is -2.45. The Morgan fingerprint density at radius 2 is 1.97 bits per heavy atom. The molecule has 192 valence electrons. The van der Waals surface area contributed by atoms with Gasteiger partial charge in [-0.2, -0.15) is 0 Å². The van der Waals surface area contributed by atoms with Crippen molar-refractivity contribution in [2.45, 2.75) is 38.8 Å². The third kappa shape index (κ3) is 9.57. The molecule has 36 heavy (non-hydrogen) atoms. The van der Waals surface area contributed by atoms with Gasteiger partial charge in [-0.3, -0.25) is 4.98 Å². The number of aromatic nitrogens is 1. The van der Waals surface area contributed by atoms with Crippen LogP contribution in [0.2, 0.25) is 0 Å². The van der Waals surface area contributed by atoms with Crippen molar-refractivity contribution in [3.05, 3.63) is 78.6 Å². The summed E-state index contributed by atoms with van der Waals surface area (Å²) in [6, 6.07) is 9.55. The molecule has 3 rings (SSSR count). The molecule has 11 heteroatoms. The molecule has 0 unspecified atom stereocenters. The van der Waals surface area contributed by atoms with Crippen molar-refractivity contribution < 1.29 is 22.6 Å². The van der Waals surface area contributed by atoms with E-state index in [4.69, 9.17) is 17.0 Å². The molecule has 1 aromatic carbocycles. The lowest BCUT2D eigenvalue weighted by molar-refractivity contribution is -0.274. The van der Waals surface area contributed by atoms with Gasteiger partial charge in [0.15, 0.2) is 5.11 Å². The highest BCUT2D eigenvalue weighted by Gasteiger charge is 2.30. The number of hydrogen-bond donors (Lipinski definition) is 2. The topological polar surface area (TPSA) is 71.0 Å². The van der Waals surface area contributed by atoms with Crippen LogP contribution in [0.4, 0.5) is 18.9 Å². The lowest BCUT2D eigenvalue weighted by Gasteiger charge is -2.34. The second kappa shape index (κ2) is 12.9. The first-order valence-corrected chi connectivity index (χ1v) is 11.7. The molecule has 1 fully saturated rings. The second-order valence-corrected chi connectivity index (χ2v) is 8.46. The van der Waals surface area contributed by atoms with Gasteiger partial charge in [0.2, 0.25) is 0 Å². The number of halogens is 3. The summed E-state index contributed by atoms with van der Waals surface area (Å²) in [5, 5.41) is 7.04. The minimum Gasteiger partial charge on any atom is -0.493 e. The number of anilines is 1. The van der Waals surface area contributed by atoms with Gasteiger partial charge < -0.3 is 25.0 Å². The molecule has 1 saturated heterocycles. The van der Waals surface area contributed by atoms with Crippen molar-refractivity contribution in [1.29, 1.82) is 0 Å². The number of rotatable bonds is 9. The van der Waals surface area contributed by atoms with Crippen LogP contribution < -0.4 is 15.4 Å². The Balaban J connectivity index is 1.36. The van der Waals surface area contributed by atoms with Gasteiger partial charge >= 0.3 is 6.36 Å². The summed E-state index contributed by atoms with van der Waals surface area (Å²) < 4.78 is 46.2. The van der Waals surface area contributed by atoms with Crippen LogP contribution in [0.15, 0.2) is 78.0 Å². The number of pyridine rings is 1. The molecule has 0 aliphatic carbocycles. The number of aliphatic imine (C=N–C) groups is 1. The second-order valence-electron chi connectivity index (χ2n) is 8.05. The third-order valence-electron chi connectivity index (χ3n) is 5.27. The van der Waals surface area contributed by atoms with Gasteiger partial charge in [-0.15, -0.1) is 13.2 Å². The zero-order valence-electron chi connectivity index (χ0n) is 19.8. The van der Waals surface area contributed by atoms with E-state index < -0.39 is 6.36 Å². The molecule has 1 aliphatic heterocycles. The normalized spacial score (nSPS) is 15.0. The first-order chi connectivity index (χ1) is 17.2. The highest BCUT2D eigenvalue weighted by atomic mass is 32.1. The van der Waals surface area contributed by atoms with Crippen molar-refractivity contribution in [2.75, 3.05) is 18.4 Å². The number of likely N-dealkylation sites (tertiary alicyclic amines) is 1. The number of ether oxygens (including phenoxy) is 2. The maximum Gasteiger partial charge on any atom is 0.573 e. The number of alkyl halides is 3. The molecular formula is C25H28F3N5O2S. The van der Waals surface area contributed by atoms with Gasteiger partial charge in [0.25, 0.3) is 0 Å². The molecule has 1 aromatic heterocycles. The number of allylic oxidation sites excluding steroid dienone is 2. The van der Waals surface area contributed by atoms with Gasteiger partial charge in [0, 0.05) is 31.5 Å². The monoisotopic (exact) mass is 519 g/mol. The Bertz CT molecular complexity index is 1070. The average molecular weight is 520 g/mol. The summed E-state index contributed by atoms with van der Waals surface area (Å²) in [5.41, 5.74) is 1.56. The SMILES string of the molecule is C=C(N=C/C=C(\C)OCc1ccc(OC(F)(F)F)cc1)N1CCC(NC(=S)Nc2cccnc2)CC1. The Labute approximate surface area is 213 Å². The summed E-state index contributed by atoms with van der Waals surface area (Å²) in [6.45, 7) is 7.63. The number of hydrogen-bond acceptors (Lipinski definition) is 6. The standard InChI is InChI=1S/C25H28F3N5O2S/c1-18(34-17-20-5-7-23(8-6-20)35-25(26,27)28)9-13-30-19(2)33-14-10-21(11-15-33)31-24(36)32-22-4-3-12-29-16-22/h3-9,12-13,16,21H,2,10-11,14-15,17H2,1H3,(H2,31,32,36)/b18-9+,30-13?. The fraction of sp³-hybridized carbons (Fsp3) is 0.320. The summed E-state index contributed by atoms with van der Waals surface area (Å²) in [7, 11) is 0. The Morgan fingerprint density at radius 3 is 2.61 bits per heavy atom. The largest absolute Gasteiger partial charge is 0.573 e. The highest BCUT2D eigenvalue weighted by Crippen LogP contribution is 2.23. The van der Waals surface area contributed by atoms with Crippen molar-refractivity contribution in [3.63, 3.8) is 0 Å². The van der Waals surface area contributed by atoms with E-state index in [-0.39, 0.29) is 18.4 Å². The van der Waals surface area contributed by atoms with E-state index in [1.807, 2.05) is 12.1 Å². The summed E-state index contributed by atoms with van der Waals surface area (Å²) >= 11 is 5.39. The predicted octanol–water partition coefficient (Wildman–Crippen LogP) is 5.39. The predicted molar refractivity (Wildman–Crippen MR) is 137 cm³/mol. The third-order valence-corrected chi connectivity index (χ3v) is 5.49. The molecule has 0 spiro atoms. The number of thiocarbonyl (C=S) groups is 1. The molecule has 2 heterocycles. The van der Waals surface area contributed by atoms with Crippen LogP contribution in [0.1, 0.15) is 25.3 Å². The molecule has 2 aromatic rings. The Hall–Kier alpha value is -3.60. The number of nitrogens with one attached hydrogen (secondary N) is 2. The smallest absolute Gasteiger partial charge is 0.493 e. The maximum atomic E-state index is 12.2. The van der Waals surface area contributed by atoms with Crippen molar-refractivity contribution in [1.82, 2.24) is 15.2 Å². The van der Waals surface area contributed by atoms with Gasteiger partial charge in [-0.1, -0.05) is 18.7 Å². The molecule has 0 radical (unpaired) electrons. The highest BCUT2D eigenvalue weighted by molar-refractivity contribution is 7.80. The Kier molecular flexibility index (Phi) is 9.69. The van der Waals surface area contributed by atoms with E-state index >= 15 is 0 Å². The minimum atomic E-state index is -4.71. The van der Waals surface area contributed by atoms with Crippen LogP contribution in [0, 0.1) is 0 Å². The fourth-order valence-electron chi connectivity index (χ4n) is 3.41. The van der Waals surface area contributed by atoms with E-state index in [0.717, 1.165) is 31.6 Å². The molecule has 0 amide bonds. The van der Waals surface area contributed by atoms with Crippen molar-refractivity contribution in [2.24, 2.45) is 4.99 Å². The Morgan fingerprint density at radius 1 is 1.25 bits per heavy atom. The van der Waals surface area contributed by atoms with E-state index in [2.05, 4.69) is 36.8 Å². The van der Waals surface area contributed by atoms with E-state index in [9.17, 15) is 13.2 Å². The molecule has 0 atom stereocenters. The van der Waals surface area contributed by atoms with Gasteiger partial charge in [0.05, 0.1) is 17.6 Å². The summed E-state index contributed by atoms with van der Waals surface area (Å²) in [5.74, 6) is 1.00. The van der Waals surface area contributed by atoms with Crippen LogP contribution >= 0.6 is 12.2 Å². The quantitative estimate of drug-likeness (QED) is 0.261. The maximum absolute atomic E-state index is 12.2. The molecule has 2 N–H and O–H groups in total. The average Bonchev–Trinajstić information content (AvgIpc) is 2.83. The van der Waals surface area contributed by atoms with Crippen LogP contribution in [0.5, 0.6) is 5.75 Å². The molecule has 1 aliphatic rings. The lowest BCUT2D eigenvalue weighted by atomic mass is 10.1. The van der Waals surface area contributed by atoms with E-state index in [1.165, 1.54) is 24.3 Å². The molecule has 0 saturated carbocycles. The van der Waals surface area contributed by atoms with E-state index in [1.54, 1.807) is 31.6 Å². The summed E-state index contributed by atoms with van der Waals surface area (Å²) in [4.78, 5) is 10.6. The van der Waals surface area contributed by atoms with Crippen molar-refractivity contribution in [3.8, 4) is 5.75 Å². The van der Waals surface area contributed by atoms with Crippen LogP contribution in [0.25, 0.3) is 0 Å². The number of benzene rings is 1. The minimum absolute atomic E-state index is 0.210. The first-order valence-electron chi connectivity index (χ1n) is 11.3. The van der Waals surface area contributed by atoms with Gasteiger partial charge in [0.1, 0.15) is 18.2 Å². The number of piperidine rings is 1. The van der Waals surface area contributed by atoms with Gasteiger partial charge in [-0.05, 0) is 67.9 Å². The van der Waals surface area contributed by atoms with Crippen molar-refractivity contribution >= 4 is 29.2 Å². The molecule has 0 bridgehead atoms. The fourth-order valence-corrected chi connectivity index (χ4v) is 3.70. The van der Waals surface area contributed by atoms with Crippen LogP contribution in [-0.2, 0) is 11.3 Å². The van der Waals surface area contributed by atoms with Crippen LogP contribution in [-0.4, -0.2) is 46.7 Å². The molecular weight excluding hydrogens is 491 g/mol. The van der Waals surface area contributed by atoms with Crippen LogP contribution in [0.3, 0.4) is 0 Å². The zero-order chi connectivity index (χ0) is 26.0. The summed E-state index contributed by atoms with van der Waals surface area (Å²) in [6.07, 6.45) is 3.84. The molecule has 7 nitrogen and oxygen atoms in total.